The zero-order chi connectivity index (χ0) is 11.3. The van der Waals surface area contributed by atoms with E-state index in [9.17, 15) is 0 Å². The molecule has 1 N–H and O–H groups in total. The van der Waals surface area contributed by atoms with E-state index in [1.54, 1.807) is 0 Å². The maximum Gasteiger partial charge on any atom is 0.0907 e. The van der Waals surface area contributed by atoms with Gasteiger partial charge in [0.05, 0.1) is 22.9 Å². The molecule has 0 radical (unpaired) electrons. The molecular formula is C12H23NO2. The molecule has 0 saturated carbocycles. The highest BCUT2D eigenvalue weighted by atomic mass is 16.6. The van der Waals surface area contributed by atoms with Crippen LogP contribution in [0.3, 0.4) is 0 Å². The number of hydrogen-bond acceptors (Lipinski definition) is 3. The van der Waals surface area contributed by atoms with Crippen LogP contribution >= 0.6 is 0 Å². The zero-order valence-electron chi connectivity index (χ0n) is 10.5. The summed E-state index contributed by atoms with van der Waals surface area (Å²) in [6.07, 6.45) is 1.19. The second kappa shape index (κ2) is 3.19. The first kappa shape index (κ1) is 11.4. The van der Waals surface area contributed by atoms with Crippen molar-refractivity contribution in [3.63, 3.8) is 0 Å². The molecule has 15 heavy (non-hydrogen) atoms. The lowest BCUT2D eigenvalue weighted by atomic mass is 9.94. The third kappa shape index (κ3) is 2.19. The number of hydrogen-bond donors (Lipinski definition) is 1. The highest BCUT2D eigenvalue weighted by Crippen LogP contribution is 2.41. The number of nitrogens with one attached hydrogen (secondary N) is 1. The summed E-state index contributed by atoms with van der Waals surface area (Å²) in [7, 11) is 0. The molecular weight excluding hydrogens is 190 g/mol. The zero-order valence-corrected chi connectivity index (χ0v) is 10.5. The lowest BCUT2D eigenvalue weighted by molar-refractivity contribution is -0.161. The van der Waals surface area contributed by atoms with E-state index in [0.29, 0.717) is 0 Å². The Kier molecular flexibility index (Phi) is 2.42. The largest absolute Gasteiger partial charge is 0.367 e. The minimum absolute atomic E-state index is 0.0196. The van der Waals surface area contributed by atoms with Gasteiger partial charge in [0, 0.05) is 19.5 Å². The smallest absolute Gasteiger partial charge is 0.0907 e. The van der Waals surface area contributed by atoms with Crippen molar-refractivity contribution >= 4 is 0 Å². The summed E-state index contributed by atoms with van der Waals surface area (Å²) in [5.74, 6) is 0. The second-order valence-electron chi connectivity index (χ2n) is 6.33. The Morgan fingerprint density at radius 2 is 1.73 bits per heavy atom. The minimum Gasteiger partial charge on any atom is -0.367 e. The van der Waals surface area contributed by atoms with Crippen LogP contribution in [0.2, 0.25) is 0 Å². The summed E-state index contributed by atoms with van der Waals surface area (Å²) < 4.78 is 12.2. The van der Waals surface area contributed by atoms with E-state index in [1.165, 1.54) is 0 Å². The van der Waals surface area contributed by atoms with Gasteiger partial charge in [0.1, 0.15) is 0 Å². The van der Waals surface area contributed by atoms with Gasteiger partial charge in [-0.2, -0.15) is 0 Å². The predicted molar refractivity (Wildman–Crippen MR) is 60.0 cm³/mol. The van der Waals surface area contributed by atoms with E-state index in [4.69, 9.17) is 9.47 Å². The van der Waals surface area contributed by atoms with Gasteiger partial charge < -0.3 is 14.8 Å². The van der Waals surface area contributed by atoms with Crippen LogP contribution in [-0.4, -0.2) is 36.0 Å². The molecule has 2 saturated heterocycles. The highest BCUT2D eigenvalue weighted by Gasteiger charge is 2.50. The van der Waals surface area contributed by atoms with Gasteiger partial charge in [-0.1, -0.05) is 0 Å². The van der Waals surface area contributed by atoms with Crippen LogP contribution in [0, 0.1) is 0 Å². The fourth-order valence-corrected chi connectivity index (χ4v) is 2.60. The molecule has 2 rings (SSSR count). The van der Waals surface area contributed by atoms with Gasteiger partial charge >= 0.3 is 0 Å². The molecule has 0 amide bonds. The second-order valence-corrected chi connectivity index (χ2v) is 6.33. The van der Waals surface area contributed by atoms with Crippen LogP contribution in [0.1, 0.15) is 41.0 Å². The lowest BCUT2D eigenvalue weighted by Crippen LogP contribution is -2.61. The average Bonchev–Trinajstić information content (AvgIpc) is 2.16. The summed E-state index contributed by atoms with van der Waals surface area (Å²) in [6, 6.07) is 0. The van der Waals surface area contributed by atoms with Gasteiger partial charge in [0.15, 0.2) is 0 Å². The molecule has 2 aliphatic rings. The van der Waals surface area contributed by atoms with Crippen LogP contribution < -0.4 is 5.32 Å². The first-order valence-corrected chi connectivity index (χ1v) is 5.81. The predicted octanol–water partition coefficient (Wildman–Crippen LogP) is 1.71. The maximum absolute atomic E-state index is 6.20. The first-order valence-electron chi connectivity index (χ1n) is 5.81. The van der Waals surface area contributed by atoms with E-state index >= 15 is 0 Å². The molecule has 3 heteroatoms. The van der Waals surface area contributed by atoms with Crippen molar-refractivity contribution in [3.05, 3.63) is 0 Å². The molecule has 0 aliphatic carbocycles. The van der Waals surface area contributed by atoms with Gasteiger partial charge in [-0.15, -0.1) is 0 Å². The number of ether oxygens (including phenoxy) is 2. The topological polar surface area (TPSA) is 30.5 Å². The van der Waals surface area contributed by atoms with Crippen LogP contribution in [-0.2, 0) is 9.47 Å². The molecule has 1 unspecified atom stereocenters. The Morgan fingerprint density at radius 3 is 2.07 bits per heavy atom. The fourth-order valence-electron chi connectivity index (χ4n) is 2.60. The van der Waals surface area contributed by atoms with Gasteiger partial charge in [0.2, 0.25) is 0 Å². The van der Waals surface area contributed by atoms with Gasteiger partial charge in [-0.05, 0) is 34.6 Å². The minimum atomic E-state index is -0.165. The molecule has 1 atom stereocenters. The Bertz CT molecular complexity index is 256. The molecule has 0 aromatic carbocycles. The maximum atomic E-state index is 6.20. The van der Waals surface area contributed by atoms with E-state index < -0.39 is 0 Å². The molecule has 0 aromatic heterocycles. The Labute approximate surface area is 92.5 Å². The van der Waals surface area contributed by atoms with Crippen molar-refractivity contribution < 1.29 is 9.47 Å². The summed E-state index contributed by atoms with van der Waals surface area (Å²) in [4.78, 5) is 0. The fraction of sp³-hybridized carbons (Fsp3) is 1.00. The van der Waals surface area contributed by atoms with Crippen LogP contribution in [0.25, 0.3) is 0 Å². The Balaban J connectivity index is 2.03. The molecule has 3 nitrogen and oxygen atoms in total. The molecule has 2 heterocycles. The van der Waals surface area contributed by atoms with Crippen molar-refractivity contribution in [1.82, 2.24) is 5.32 Å². The Morgan fingerprint density at radius 1 is 1.13 bits per heavy atom. The molecule has 88 valence electrons. The standard InChI is InChI=1S/C12H23NO2/c1-10(2)6-9(11(3,4)15-10)14-12(5)7-13-8-12/h9,13H,6-8H2,1-5H3. The monoisotopic (exact) mass is 213 g/mol. The molecule has 0 spiro atoms. The van der Waals surface area contributed by atoms with Crippen LogP contribution in [0.5, 0.6) is 0 Å². The molecule has 0 bridgehead atoms. The first-order chi connectivity index (χ1) is 6.73. The van der Waals surface area contributed by atoms with Crippen LogP contribution in [0.15, 0.2) is 0 Å². The van der Waals surface area contributed by atoms with Crippen molar-refractivity contribution in [2.24, 2.45) is 0 Å². The third-order valence-corrected chi connectivity index (χ3v) is 3.42. The summed E-state index contributed by atoms with van der Waals surface area (Å²) in [5, 5.41) is 3.26. The van der Waals surface area contributed by atoms with Crippen molar-refractivity contribution in [2.45, 2.75) is 63.9 Å². The highest BCUT2D eigenvalue weighted by molar-refractivity contribution is 4.99. The SMILES string of the molecule is CC1(C)CC(OC2(C)CNC2)C(C)(C)O1. The summed E-state index contributed by atoms with van der Waals surface area (Å²) in [6.45, 7) is 12.6. The van der Waals surface area contributed by atoms with Crippen molar-refractivity contribution in [1.29, 1.82) is 0 Å². The lowest BCUT2D eigenvalue weighted by Gasteiger charge is -2.43. The van der Waals surface area contributed by atoms with Gasteiger partial charge in [0.25, 0.3) is 0 Å². The molecule has 0 aromatic rings. The van der Waals surface area contributed by atoms with E-state index in [2.05, 4.69) is 39.9 Å². The number of rotatable bonds is 2. The Hall–Kier alpha value is -0.120. The normalized spacial score (nSPS) is 36.2. The summed E-state index contributed by atoms with van der Waals surface area (Å²) in [5.41, 5.74) is -0.199. The van der Waals surface area contributed by atoms with E-state index in [-0.39, 0.29) is 22.9 Å². The van der Waals surface area contributed by atoms with Crippen molar-refractivity contribution in [2.75, 3.05) is 13.1 Å². The van der Waals surface area contributed by atoms with Gasteiger partial charge in [-0.25, -0.2) is 0 Å². The quantitative estimate of drug-likeness (QED) is 0.757. The van der Waals surface area contributed by atoms with E-state index in [1.807, 2.05) is 0 Å². The summed E-state index contributed by atoms with van der Waals surface area (Å²) >= 11 is 0. The van der Waals surface area contributed by atoms with Crippen molar-refractivity contribution in [3.8, 4) is 0 Å². The van der Waals surface area contributed by atoms with Crippen LogP contribution in [0.4, 0.5) is 0 Å². The molecule has 2 fully saturated rings. The molecule has 2 aliphatic heterocycles. The van der Waals surface area contributed by atoms with E-state index in [0.717, 1.165) is 19.5 Å². The average molecular weight is 213 g/mol. The van der Waals surface area contributed by atoms with Gasteiger partial charge in [-0.3, -0.25) is 0 Å². The third-order valence-electron chi connectivity index (χ3n) is 3.42.